The quantitative estimate of drug-likeness (QED) is 0.537. The monoisotopic (exact) mass is 424 g/mol. The molecule has 2 heterocycles. The smallest absolute Gasteiger partial charge is 0.311 e. The van der Waals surface area contributed by atoms with Crippen LogP contribution in [-0.4, -0.2) is 56.8 Å². The van der Waals surface area contributed by atoms with Crippen LogP contribution in [0.5, 0.6) is 5.75 Å². The van der Waals surface area contributed by atoms with Crippen molar-refractivity contribution in [1.82, 2.24) is 4.90 Å². The van der Waals surface area contributed by atoms with Crippen LogP contribution in [0.4, 0.5) is 5.69 Å². The van der Waals surface area contributed by atoms with E-state index in [1.54, 1.807) is 12.7 Å². The van der Waals surface area contributed by atoms with Gasteiger partial charge in [0.1, 0.15) is 11.9 Å². The lowest BCUT2D eigenvalue weighted by atomic mass is 9.59. The van der Waals surface area contributed by atoms with E-state index in [4.69, 9.17) is 9.47 Å². The van der Waals surface area contributed by atoms with Gasteiger partial charge in [-0.25, -0.2) is 0 Å². The van der Waals surface area contributed by atoms with Gasteiger partial charge in [-0.15, -0.1) is 0 Å². The van der Waals surface area contributed by atoms with E-state index in [0.29, 0.717) is 5.92 Å². The van der Waals surface area contributed by atoms with Gasteiger partial charge >= 0.3 is 5.97 Å². The molecule has 0 aromatic heterocycles. The second-order valence-corrected chi connectivity index (χ2v) is 10.3. The number of carbonyl (C=O) groups excluding carboxylic acids is 1. The van der Waals surface area contributed by atoms with Gasteiger partial charge in [0, 0.05) is 44.3 Å². The summed E-state index contributed by atoms with van der Waals surface area (Å²) in [6.07, 6.45) is 7.38. The van der Waals surface area contributed by atoms with Crippen molar-refractivity contribution in [1.29, 1.82) is 0 Å². The fraction of sp³-hybridized carbons (Fsp3) is 0.654. The van der Waals surface area contributed by atoms with Crippen molar-refractivity contribution in [2.45, 2.75) is 45.6 Å². The zero-order valence-electron chi connectivity index (χ0n) is 19.2. The largest absolute Gasteiger partial charge is 0.497 e. The van der Waals surface area contributed by atoms with Gasteiger partial charge in [0.05, 0.1) is 13.0 Å². The van der Waals surface area contributed by atoms with Crippen LogP contribution in [-0.2, 0) is 9.53 Å². The Morgan fingerprint density at radius 2 is 1.90 bits per heavy atom. The molecule has 5 rings (SSSR count). The molecule has 0 radical (unpaired) electrons. The minimum atomic E-state index is -0.0105. The summed E-state index contributed by atoms with van der Waals surface area (Å²) >= 11 is 0. The van der Waals surface area contributed by atoms with E-state index < -0.39 is 0 Å². The van der Waals surface area contributed by atoms with Crippen LogP contribution in [0, 0.1) is 23.2 Å². The van der Waals surface area contributed by atoms with Crippen LogP contribution >= 0.6 is 0 Å². The number of methoxy groups -OCH3 is 1. The lowest BCUT2D eigenvalue weighted by Crippen LogP contribution is -2.49. The van der Waals surface area contributed by atoms with Crippen molar-refractivity contribution < 1.29 is 14.3 Å². The zero-order chi connectivity index (χ0) is 21.6. The van der Waals surface area contributed by atoms with Gasteiger partial charge in [-0.2, -0.15) is 0 Å². The predicted octanol–water partition coefficient (Wildman–Crippen LogP) is 4.13. The maximum absolute atomic E-state index is 12.9. The third kappa shape index (κ3) is 3.86. The number of anilines is 1. The fourth-order valence-corrected chi connectivity index (χ4v) is 6.52. The first-order chi connectivity index (χ1) is 15.0. The summed E-state index contributed by atoms with van der Waals surface area (Å²) < 4.78 is 11.2. The molecule has 0 bridgehead atoms. The highest BCUT2D eigenvalue weighted by Crippen LogP contribution is 2.54. The second-order valence-electron chi connectivity index (χ2n) is 10.3. The molecule has 2 aliphatic carbocycles. The van der Waals surface area contributed by atoms with Gasteiger partial charge in [0.25, 0.3) is 0 Å². The number of piperazine rings is 1. The summed E-state index contributed by atoms with van der Waals surface area (Å²) in [5.74, 6) is 1.81. The summed E-state index contributed by atoms with van der Waals surface area (Å²) in [5, 5.41) is 0. The first kappa shape index (κ1) is 20.9. The van der Waals surface area contributed by atoms with E-state index >= 15 is 0 Å². The van der Waals surface area contributed by atoms with Crippen molar-refractivity contribution in [3.05, 3.63) is 35.9 Å². The molecule has 31 heavy (non-hydrogen) atoms. The average molecular weight is 425 g/mol. The van der Waals surface area contributed by atoms with Crippen LogP contribution in [0.25, 0.3) is 0 Å². The van der Waals surface area contributed by atoms with Gasteiger partial charge in [-0.3, -0.25) is 9.69 Å². The van der Waals surface area contributed by atoms with Gasteiger partial charge in [-0.1, -0.05) is 31.9 Å². The van der Waals surface area contributed by atoms with E-state index in [0.717, 1.165) is 44.9 Å². The molecule has 5 nitrogen and oxygen atoms in total. The fourth-order valence-electron chi connectivity index (χ4n) is 6.52. The Kier molecular flexibility index (Phi) is 5.49. The van der Waals surface area contributed by atoms with Gasteiger partial charge in [-0.05, 0) is 54.9 Å². The Morgan fingerprint density at radius 1 is 1.16 bits per heavy atom. The molecule has 3 fully saturated rings. The minimum Gasteiger partial charge on any atom is -0.497 e. The van der Waals surface area contributed by atoms with Crippen molar-refractivity contribution in [2.75, 3.05) is 44.7 Å². The summed E-state index contributed by atoms with van der Waals surface area (Å²) in [6, 6.07) is 8.30. The zero-order valence-corrected chi connectivity index (χ0v) is 19.2. The standard InChI is InChI=1S/C26H36N2O3/c1-18-5-4-10-26(2)16-24-21(15-23(18)26)22(25(29)31-24)17-27-11-13-28(14-12-27)19-6-8-20(30-3)9-7-19/h6-9,15,18,21-22,24H,4-5,10-14,16-17H2,1-3H3/t18-,21+,22+,24-,26+/m1/s1. The first-order valence-electron chi connectivity index (χ1n) is 12.0. The number of benzene rings is 1. The molecular weight excluding hydrogens is 388 g/mol. The van der Waals surface area contributed by atoms with Crippen molar-refractivity contribution in [3.8, 4) is 5.75 Å². The Balaban J connectivity index is 1.24. The molecule has 0 N–H and O–H groups in total. The highest BCUT2D eigenvalue weighted by atomic mass is 16.6. The van der Waals surface area contributed by atoms with Crippen molar-refractivity contribution >= 4 is 11.7 Å². The molecule has 1 aromatic carbocycles. The van der Waals surface area contributed by atoms with Crippen LogP contribution in [0.2, 0.25) is 0 Å². The van der Waals surface area contributed by atoms with E-state index in [2.05, 4.69) is 41.9 Å². The summed E-state index contributed by atoms with van der Waals surface area (Å²) in [4.78, 5) is 17.7. The molecule has 0 spiro atoms. The normalized spacial score (nSPS) is 35.8. The van der Waals surface area contributed by atoms with E-state index in [-0.39, 0.29) is 29.3 Å². The number of esters is 1. The Labute approximate surface area is 186 Å². The molecule has 0 amide bonds. The number of hydrogen-bond donors (Lipinski definition) is 0. The number of hydrogen-bond acceptors (Lipinski definition) is 5. The van der Waals surface area contributed by atoms with Crippen molar-refractivity contribution in [3.63, 3.8) is 0 Å². The van der Waals surface area contributed by atoms with Crippen LogP contribution in [0.15, 0.2) is 35.9 Å². The lowest BCUT2D eigenvalue weighted by Gasteiger charge is -2.46. The Hall–Kier alpha value is -2.01. The summed E-state index contributed by atoms with van der Waals surface area (Å²) in [7, 11) is 1.70. The molecule has 4 aliphatic rings. The number of carbonyl (C=O) groups is 1. The predicted molar refractivity (Wildman–Crippen MR) is 122 cm³/mol. The average Bonchev–Trinajstić information content (AvgIpc) is 3.06. The van der Waals surface area contributed by atoms with Crippen molar-refractivity contribution in [2.24, 2.45) is 23.2 Å². The molecule has 0 unspecified atom stereocenters. The SMILES string of the molecule is COc1ccc(N2CCN(C[C@@H]3C(=O)O[C@@H]4C[C@]5(C)CCC[C@@H](C)C5=C[C@@H]34)CC2)cc1. The first-order valence-corrected chi connectivity index (χ1v) is 12.0. The van der Waals surface area contributed by atoms with Gasteiger partial charge < -0.3 is 14.4 Å². The maximum Gasteiger partial charge on any atom is 0.311 e. The molecule has 5 atom stereocenters. The number of ether oxygens (including phenoxy) is 2. The Morgan fingerprint density at radius 3 is 2.61 bits per heavy atom. The third-order valence-electron chi connectivity index (χ3n) is 8.35. The summed E-state index contributed by atoms with van der Waals surface area (Å²) in [5.41, 5.74) is 3.08. The molecule has 1 aromatic rings. The second kappa shape index (κ2) is 8.16. The highest BCUT2D eigenvalue weighted by Gasteiger charge is 2.52. The van der Waals surface area contributed by atoms with Crippen LogP contribution < -0.4 is 9.64 Å². The van der Waals surface area contributed by atoms with Gasteiger partial charge in [0.15, 0.2) is 0 Å². The minimum absolute atomic E-state index is 0.0105. The number of nitrogens with zero attached hydrogens (tertiary/aromatic N) is 2. The Bertz CT molecular complexity index is 843. The van der Waals surface area contributed by atoms with Gasteiger partial charge in [0.2, 0.25) is 0 Å². The number of allylic oxidation sites excluding steroid dienone is 1. The summed E-state index contributed by atoms with van der Waals surface area (Å²) in [6.45, 7) is 9.52. The van der Waals surface area contributed by atoms with Crippen LogP contribution in [0.3, 0.4) is 0 Å². The van der Waals surface area contributed by atoms with Crippen LogP contribution in [0.1, 0.15) is 39.5 Å². The number of fused-ring (bicyclic) bond motifs is 2. The van der Waals surface area contributed by atoms with E-state index in [9.17, 15) is 4.79 Å². The highest BCUT2D eigenvalue weighted by molar-refractivity contribution is 5.76. The molecule has 168 valence electrons. The molecule has 1 saturated carbocycles. The molecule has 5 heteroatoms. The van der Waals surface area contributed by atoms with E-state index in [1.807, 2.05) is 12.1 Å². The number of rotatable bonds is 4. The maximum atomic E-state index is 12.9. The molecule has 2 saturated heterocycles. The van der Waals surface area contributed by atoms with E-state index in [1.165, 1.54) is 24.9 Å². The topological polar surface area (TPSA) is 42.0 Å². The lowest BCUT2D eigenvalue weighted by molar-refractivity contribution is -0.145. The molecule has 2 aliphatic heterocycles. The third-order valence-corrected chi connectivity index (χ3v) is 8.35. The molecular formula is C26H36N2O3.